The smallest absolute Gasteiger partial charge is 0.322 e. The zero-order valence-corrected chi connectivity index (χ0v) is 6.28. The van der Waals surface area contributed by atoms with Crippen LogP contribution in [-0.4, -0.2) is 47.3 Å². The Bertz CT molecular complexity index is 186. The van der Waals surface area contributed by atoms with Gasteiger partial charge in [0, 0.05) is 13.1 Å². The molecule has 0 aromatic carbocycles. The van der Waals surface area contributed by atoms with Crippen LogP contribution in [0.3, 0.4) is 0 Å². The van der Waals surface area contributed by atoms with Crippen LogP contribution in [-0.2, 0) is 9.59 Å². The molecule has 1 heterocycles. The summed E-state index contributed by atoms with van der Waals surface area (Å²) in [5, 5.41) is 22.3. The highest BCUT2D eigenvalue weighted by Gasteiger charge is 2.29. The van der Waals surface area contributed by atoms with Gasteiger partial charge in [-0.2, -0.15) is 0 Å². The zero-order valence-electron chi connectivity index (χ0n) is 6.28. The first-order chi connectivity index (χ1) is 5.61. The van der Waals surface area contributed by atoms with Crippen molar-refractivity contribution in [2.24, 2.45) is 0 Å². The second kappa shape index (κ2) is 3.51. The summed E-state index contributed by atoms with van der Waals surface area (Å²) in [7, 11) is 0. The molecule has 0 spiro atoms. The Morgan fingerprint density at radius 3 is 1.83 bits per heavy atom. The van der Waals surface area contributed by atoms with Crippen LogP contribution in [0.2, 0.25) is 0 Å². The van der Waals surface area contributed by atoms with Crippen molar-refractivity contribution in [2.75, 3.05) is 13.1 Å². The third kappa shape index (κ3) is 1.93. The van der Waals surface area contributed by atoms with E-state index in [-0.39, 0.29) is 13.1 Å². The number of nitrogens with one attached hydrogen (secondary N) is 2. The molecule has 68 valence electrons. The minimum Gasteiger partial charge on any atom is -0.480 e. The van der Waals surface area contributed by atoms with Gasteiger partial charge in [0.25, 0.3) is 0 Å². The van der Waals surface area contributed by atoms with Crippen LogP contribution in [0.15, 0.2) is 0 Å². The van der Waals surface area contributed by atoms with Gasteiger partial charge >= 0.3 is 11.9 Å². The molecule has 0 saturated carbocycles. The lowest BCUT2D eigenvalue weighted by Crippen LogP contribution is -2.60. The van der Waals surface area contributed by atoms with Crippen molar-refractivity contribution in [1.82, 2.24) is 10.6 Å². The third-order valence-corrected chi connectivity index (χ3v) is 1.70. The first kappa shape index (κ1) is 8.95. The third-order valence-electron chi connectivity index (χ3n) is 1.70. The van der Waals surface area contributed by atoms with Gasteiger partial charge in [-0.1, -0.05) is 0 Å². The van der Waals surface area contributed by atoms with Crippen molar-refractivity contribution in [3.8, 4) is 0 Å². The summed E-state index contributed by atoms with van der Waals surface area (Å²) >= 11 is 0. The monoisotopic (exact) mass is 174 g/mol. The van der Waals surface area contributed by atoms with Crippen LogP contribution in [0.1, 0.15) is 0 Å². The van der Waals surface area contributed by atoms with Gasteiger partial charge in [-0.25, -0.2) is 0 Å². The molecular formula is C6H10N2O4. The fourth-order valence-electron chi connectivity index (χ4n) is 1.05. The standard InChI is InChI=1S/C6H10N2O4/c9-5(10)3-1-7-2-4(8-3)6(11)12/h3-4,7-8H,1-2H2,(H,9,10)(H,11,12)/t3-,4+. The summed E-state index contributed by atoms with van der Waals surface area (Å²) in [6, 6.07) is -1.61. The van der Waals surface area contributed by atoms with Gasteiger partial charge in [-0.15, -0.1) is 0 Å². The summed E-state index contributed by atoms with van der Waals surface area (Å²) in [6.07, 6.45) is 0. The first-order valence-electron chi connectivity index (χ1n) is 3.53. The van der Waals surface area contributed by atoms with E-state index in [4.69, 9.17) is 10.2 Å². The molecule has 4 N–H and O–H groups in total. The number of hydrogen-bond acceptors (Lipinski definition) is 4. The Balaban J connectivity index is 2.51. The summed E-state index contributed by atoms with van der Waals surface area (Å²) < 4.78 is 0. The van der Waals surface area contributed by atoms with Gasteiger partial charge in [0.15, 0.2) is 0 Å². The second-order valence-corrected chi connectivity index (χ2v) is 2.61. The topological polar surface area (TPSA) is 98.7 Å². The number of aliphatic carboxylic acids is 2. The van der Waals surface area contributed by atoms with E-state index in [0.29, 0.717) is 0 Å². The maximum Gasteiger partial charge on any atom is 0.322 e. The van der Waals surface area contributed by atoms with Crippen molar-refractivity contribution in [1.29, 1.82) is 0 Å². The summed E-state index contributed by atoms with van der Waals surface area (Å²) in [5.74, 6) is -2.07. The van der Waals surface area contributed by atoms with E-state index in [0.717, 1.165) is 0 Å². The maximum absolute atomic E-state index is 10.4. The Morgan fingerprint density at radius 2 is 1.50 bits per heavy atom. The zero-order chi connectivity index (χ0) is 9.14. The highest BCUT2D eigenvalue weighted by Crippen LogP contribution is 1.94. The van der Waals surface area contributed by atoms with Crippen molar-refractivity contribution in [3.63, 3.8) is 0 Å². The average Bonchev–Trinajstić information content (AvgIpc) is 2.04. The van der Waals surface area contributed by atoms with Gasteiger partial charge in [-0.05, 0) is 0 Å². The molecular weight excluding hydrogens is 164 g/mol. The number of carboxylic acid groups (broad SMARTS) is 2. The number of rotatable bonds is 2. The quantitative estimate of drug-likeness (QED) is 0.390. The van der Waals surface area contributed by atoms with E-state index < -0.39 is 24.0 Å². The van der Waals surface area contributed by atoms with Gasteiger partial charge in [0.05, 0.1) is 0 Å². The Hall–Kier alpha value is -1.14. The molecule has 1 saturated heterocycles. The summed E-state index contributed by atoms with van der Waals surface area (Å²) in [6.45, 7) is 0.526. The van der Waals surface area contributed by atoms with E-state index in [1.165, 1.54) is 0 Å². The molecule has 0 radical (unpaired) electrons. The Kier molecular flexibility index (Phi) is 2.61. The molecule has 1 fully saturated rings. The summed E-state index contributed by atoms with van der Waals surface area (Å²) in [5.41, 5.74) is 0. The highest BCUT2D eigenvalue weighted by atomic mass is 16.4. The number of carbonyl (C=O) groups is 2. The van der Waals surface area contributed by atoms with Crippen LogP contribution in [0, 0.1) is 0 Å². The molecule has 0 aliphatic carbocycles. The minimum atomic E-state index is -1.03. The maximum atomic E-state index is 10.4. The normalized spacial score (nSPS) is 29.7. The highest BCUT2D eigenvalue weighted by molar-refractivity contribution is 5.78. The number of carboxylic acids is 2. The van der Waals surface area contributed by atoms with Crippen molar-refractivity contribution >= 4 is 11.9 Å². The van der Waals surface area contributed by atoms with Gasteiger partial charge in [0.1, 0.15) is 12.1 Å². The molecule has 0 bridgehead atoms. The first-order valence-corrected chi connectivity index (χ1v) is 3.53. The Labute approximate surface area is 68.6 Å². The van der Waals surface area contributed by atoms with Crippen LogP contribution in [0.4, 0.5) is 0 Å². The second-order valence-electron chi connectivity index (χ2n) is 2.61. The van der Waals surface area contributed by atoms with E-state index >= 15 is 0 Å². The lowest BCUT2D eigenvalue weighted by atomic mass is 10.1. The van der Waals surface area contributed by atoms with E-state index in [1.807, 2.05) is 0 Å². The fraction of sp³-hybridized carbons (Fsp3) is 0.667. The molecule has 0 amide bonds. The van der Waals surface area contributed by atoms with Gasteiger partial charge in [0.2, 0.25) is 0 Å². The molecule has 12 heavy (non-hydrogen) atoms. The van der Waals surface area contributed by atoms with Crippen LogP contribution < -0.4 is 10.6 Å². The molecule has 0 aromatic rings. The predicted molar refractivity (Wildman–Crippen MR) is 38.9 cm³/mol. The van der Waals surface area contributed by atoms with E-state index in [9.17, 15) is 9.59 Å². The van der Waals surface area contributed by atoms with Crippen LogP contribution in [0.25, 0.3) is 0 Å². The van der Waals surface area contributed by atoms with Crippen LogP contribution >= 0.6 is 0 Å². The molecule has 0 unspecified atom stereocenters. The van der Waals surface area contributed by atoms with Crippen LogP contribution in [0.5, 0.6) is 0 Å². The van der Waals surface area contributed by atoms with Gasteiger partial charge in [-0.3, -0.25) is 14.9 Å². The van der Waals surface area contributed by atoms with Crippen molar-refractivity contribution in [3.05, 3.63) is 0 Å². The molecule has 6 nitrogen and oxygen atoms in total. The lowest BCUT2D eigenvalue weighted by Gasteiger charge is -2.26. The largest absolute Gasteiger partial charge is 0.480 e. The molecule has 6 heteroatoms. The summed E-state index contributed by atoms with van der Waals surface area (Å²) in [4.78, 5) is 20.9. The number of piperazine rings is 1. The molecule has 1 aliphatic rings. The lowest BCUT2D eigenvalue weighted by molar-refractivity contribution is -0.143. The fourth-order valence-corrected chi connectivity index (χ4v) is 1.05. The predicted octanol–water partition coefficient (Wildman–Crippen LogP) is -1.91. The average molecular weight is 174 g/mol. The minimum absolute atomic E-state index is 0.263. The SMILES string of the molecule is O=C(O)[C@@H]1CNC[C@H](C(=O)O)N1. The molecule has 0 aromatic heterocycles. The van der Waals surface area contributed by atoms with E-state index in [2.05, 4.69) is 10.6 Å². The molecule has 1 rings (SSSR count). The molecule has 2 atom stereocenters. The molecule has 1 aliphatic heterocycles. The van der Waals surface area contributed by atoms with Gasteiger partial charge < -0.3 is 15.5 Å². The number of hydrogen-bond donors (Lipinski definition) is 4. The van der Waals surface area contributed by atoms with Crippen molar-refractivity contribution in [2.45, 2.75) is 12.1 Å². The van der Waals surface area contributed by atoms with E-state index in [1.54, 1.807) is 0 Å². The Morgan fingerprint density at radius 1 is 1.08 bits per heavy atom. The van der Waals surface area contributed by atoms with Crippen molar-refractivity contribution < 1.29 is 19.8 Å².